The smallest absolute Gasteiger partial charge is 0.246 e. The van der Waals surface area contributed by atoms with E-state index in [2.05, 4.69) is 0 Å². The molecule has 114 valence electrons. The first-order chi connectivity index (χ1) is 10.1. The summed E-state index contributed by atoms with van der Waals surface area (Å²) in [7, 11) is 3.18. The molecule has 1 fully saturated rings. The standard InChI is InChI=1S/C16H21NO4/c1-20-14-5-3-12(15(11-14)21-2)4-6-16(19)17-9-7-13(18)8-10-17/h3-6,11,13,18H,7-10H2,1-2H3/b6-4+. The molecule has 5 heteroatoms. The molecule has 2 rings (SSSR count). The Kier molecular flexibility index (Phi) is 5.22. The third-order valence-electron chi connectivity index (χ3n) is 3.62. The number of carbonyl (C=O) groups is 1. The van der Waals surface area contributed by atoms with Crippen molar-refractivity contribution in [1.82, 2.24) is 4.90 Å². The van der Waals surface area contributed by atoms with Crippen LogP contribution in [0.25, 0.3) is 6.08 Å². The van der Waals surface area contributed by atoms with Crippen LogP contribution in [0.4, 0.5) is 0 Å². The van der Waals surface area contributed by atoms with Gasteiger partial charge in [0, 0.05) is 30.8 Å². The van der Waals surface area contributed by atoms with Crippen LogP contribution in [0.2, 0.25) is 0 Å². The number of amides is 1. The first-order valence-corrected chi connectivity index (χ1v) is 7.01. The van der Waals surface area contributed by atoms with Gasteiger partial charge in [-0.1, -0.05) is 0 Å². The molecule has 1 amide bonds. The number of nitrogens with zero attached hydrogens (tertiary/aromatic N) is 1. The summed E-state index contributed by atoms with van der Waals surface area (Å²) < 4.78 is 10.4. The molecule has 0 aliphatic carbocycles. The van der Waals surface area contributed by atoms with E-state index < -0.39 is 0 Å². The van der Waals surface area contributed by atoms with Gasteiger partial charge >= 0.3 is 0 Å². The number of hydrogen-bond donors (Lipinski definition) is 1. The minimum atomic E-state index is -0.278. The molecular formula is C16H21NO4. The van der Waals surface area contributed by atoms with E-state index in [1.165, 1.54) is 0 Å². The van der Waals surface area contributed by atoms with E-state index in [1.54, 1.807) is 37.3 Å². The zero-order valence-electron chi connectivity index (χ0n) is 12.4. The van der Waals surface area contributed by atoms with Crippen LogP contribution in [0.3, 0.4) is 0 Å². The lowest BCUT2D eigenvalue weighted by Crippen LogP contribution is -2.39. The van der Waals surface area contributed by atoms with E-state index in [0.29, 0.717) is 37.4 Å². The molecule has 0 unspecified atom stereocenters. The van der Waals surface area contributed by atoms with Gasteiger partial charge in [0.1, 0.15) is 11.5 Å². The Morgan fingerprint density at radius 2 is 2.00 bits per heavy atom. The van der Waals surface area contributed by atoms with E-state index in [0.717, 1.165) is 5.56 Å². The third kappa shape index (κ3) is 3.98. The van der Waals surface area contributed by atoms with Gasteiger partial charge in [-0.05, 0) is 31.1 Å². The number of aliphatic hydroxyl groups excluding tert-OH is 1. The minimum absolute atomic E-state index is 0.0419. The van der Waals surface area contributed by atoms with Gasteiger partial charge in [0.05, 0.1) is 20.3 Å². The molecule has 0 spiro atoms. The number of methoxy groups -OCH3 is 2. The zero-order chi connectivity index (χ0) is 15.2. The number of carbonyl (C=O) groups excluding carboxylic acids is 1. The lowest BCUT2D eigenvalue weighted by Gasteiger charge is -2.28. The topological polar surface area (TPSA) is 59.0 Å². The highest BCUT2D eigenvalue weighted by molar-refractivity contribution is 5.92. The van der Waals surface area contributed by atoms with E-state index in [1.807, 2.05) is 12.1 Å². The van der Waals surface area contributed by atoms with Crippen molar-refractivity contribution in [2.45, 2.75) is 18.9 Å². The van der Waals surface area contributed by atoms with Crippen LogP contribution in [0.5, 0.6) is 11.5 Å². The number of hydrogen-bond acceptors (Lipinski definition) is 4. The van der Waals surface area contributed by atoms with Gasteiger partial charge in [0.15, 0.2) is 0 Å². The molecule has 0 saturated carbocycles. The van der Waals surface area contributed by atoms with E-state index >= 15 is 0 Å². The molecule has 0 bridgehead atoms. The summed E-state index contributed by atoms with van der Waals surface area (Å²) in [5.74, 6) is 1.33. The molecule has 1 aromatic rings. The highest BCUT2D eigenvalue weighted by Crippen LogP contribution is 2.25. The third-order valence-corrected chi connectivity index (χ3v) is 3.62. The summed E-state index contributed by atoms with van der Waals surface area (Å²) in [5.41, 5.74) is 0.823. The van der Waals surface area contributed by atoms with Crippen LogP contribution in [0, 0.1) is 0 Å². The van der Waals surface area contributed by atoms with Crippen molar-refractivity contribution in [2.75, 3.05) is 27.3 Å². The van der Waals surface area contributed by atoms with Crippen molar-refractivity contribution < 1.29 is 19.4 Å². The highest BCUT2D eigenvalue weighted by atomic mass is 16.5. The minimum Gasteiger partial charge on any atom is -0.497 e. The second-order valence-electron chi connectivity index (χ2n) is 5.00. The number of ether oxygens (including phenoxy) is 2. The lowest BCUT2D eigenvalue weighted by molar-refractivity contribution is -0.127. The second-order valence-corrected chi connectivity index (χ2v) is 5.00. The fourth-order valence-electron chi connectivity index (χ4n) is 2.31. The summed E-state index contributed by atoms with van der Waals surface area (Å²) in [6.45, 7) is 1.20. The average molecular weight is 291 g/mol. The fourth-order valence-corrected chi connectivity index (χ4v) is 2.31. The Labute approximate surface area is 124 Å². The molecule has 5 nitrogen and oxygen atoms in total. The number of benzene rings is 1. The monoisotopic (exact) mass is 291 g/mol. The van der Waals surface area contributed by atoms with Gasteiger partial charge in [0.25, 0.3) is 0 Å². The van der Waals surface area contributed by atoms with Crippen molar-refractivity contribution in [3.63, 3.8) is 0 Å². The molecule has 21 heavy (non-hydrogen) atoms. The molecule has 0 atom stereocenters. The quantitative estimate of drug-likeness (QED) is 0.858. The van der Waals surface area contributed by atoms with Crippen LogP contribution in [0.1, 0.15) is 18.4 Å². The van der Waals surface area contributed by atoms with Crippen molar-refractivity contribution in [3.05, 3.63) is 29.8 Å². The van der Waals surface area contributed by atoms with E-state index in [-0.39, 0.29) is 12.0 Å². The van der Waals surface area contributed by atoms with Crippen molar-refractivity contribution in [2.24, 2.45) is 0 Å². The number of likely N-dealkylation sites (tertiary alicyclic amines) is 1. The highest BCUT2D eigenvalue weighted by Gasteiger charge is 2.19. The molecule has 1 N–H and O–H groups in total. The van der Waals surface area contributed by atoms with Gasteiger partial charge in [0.2, 0.25) is 5.91 Å². The van der Waals surface area contributed by atoms with Crippen LogP contribution in [-0.4, -0.2) is 49.3 Å². The normalized spacial score (nSPS) is 16.2. The molecular weight excluding hydrogens is 270 g/mol. The zero-order valence-corrected chi connectivity index (χ0v) is 12.4. The summed E-state index contributed by atoms with van der Waals surface area (Å²) in [5, 5.41) is 9.45. The molecule has 0 radical (unpaired) electrons. The SMILES string of the molecule is COc1ccc(/C=C/C(=O)N2CCC(O)CC2)c(OC)c1. The Morgan fingerprint density at radius 3 is 2.62 bits per heavy atom. The van der Waals surface area contributed by atoms with Crippen LogP contribution >= 0.6 is 0 Å². The fraction of sp³-hybridized carbons (Fsp3) is 0.438. The lowest BCUT2D eigenvalue weighted by atomic mass is 10.1. The maximum atomic E-state index is 12.1. The van der Waals surface area contributed by atoms with Gasteiger partial charge in [-0.3, -0.25) is 4.79 Å². The maximum absolute atomic E-state index is 12.1. The Balaban J connectivity index is 2.05. The Morgan fingerprint density at radius 1 is 1.29 bits per heavy atom. The molecule has 0 aromatic heterocycles. The van der Waals surface area contributed by atoms with Crippen LogP contribution in [0.15, 0.2) is 24.3 Å². The predicted molar refractivity (Wildman–Crippen MR) is 80.4 cm³/mol. The molecule has 1 aliphatic rings. The van der Waals surface area contributed by atoms with Crippen LogP contribution in [-0.2, 0) is 4.79 Å². The summed E-state index contributed by atoms with van der Waals surface area (Å²) in [4.78, 5) is 13.8. The Bertz CT molecular complexity index is 519. The average Bonchev–Trinajstić information content (AvgIpc) is 2.53. The van der Waals surface area contributed by atoms with Crippen molar-refractivity contribution >= 4 is 12.0 Å². The van der Waals surface area contributed by atoms with Gasteiger partial charge < -0.3 is 19.5 Å². The number of rotatable bonds is 4. The van der Waals surface area contributed by atoms with E-state index in [4.69, 9.17) is 9.47 Å². The molecule has 1 aromatic carbocycles. The number of piperidine rings is 1. The first kappa shape index (κ1) is 15.4. The molecule has 1 aliphatic heterocycles. The summed E-state index contributed by atoms with van der Waals surface area (Å²) in [6.07, 6.45) is 4.30. The molecule has 1 saturated heterocycles. The molecule has 1 heterocycles. The van der Waals surface area contributed by atoms with Gasteiger partial charge in [-0.2, -0.15) is 0 Å². The number of aliphatic hydroxyl groups is 1. The Hall–Kier alpha value is -2.01. The van der Waals surface area contributed by atoms with Gasteiger partial charge in [-0.15, -0.1) is 0 Å². The van der Waals surface area contributed by atoms with Crippen molar-refractivity contribution in [3.8, 4) is 11.5 Å². The predicted octanol–water partition coefficient (Wildman–Crippen LogP) is 1.70. The van der Waals surface area contributed by atoms with Crippen LogP contribution < -0.4 is 9.47 Å². The summed E-state index contributed by atoms with van der Waals surface area (Å²) >= 11 is 0. The van der Waals surface area contributed by atoms with Gasteiger partial charge in [-0.25, -0.2) is 0 Å². The van der Waals surface area contributed by atoms with Crippen molar-refractivity contribution in [1.29, 1.82) is 0 Å². The summed E-state index contributed by atoms with van der Waals surface area (Å²) in [6, 6.07) is 5.45. The first-order valence-electron chi connectivity index (χ1n) is 7.01. The largest absolute Gasteiger partial charge is 0.497 e. The second kappa shape index (κ2) is 7.13. The maximum Gasteiger partial charge on any atom is 0.246 e. The van der Waals surface area contributed by atoms with E-state index in [9.17, 15) is 9.90 Å².